The molecule has 0 radical (unpaired) electrons. The molecule has 2 fully saturated rings. The summed E-state index contributed by atoms with van der Waals surface area (Å²) in [6.07, 6.45) is 4.24. The Morgan fingerprint density at radius 1 is 1.07 bits per heavy atom. The van der Waals surface area contributed by atoms with Gasteiger partial charge in [0.05, 0.1) is 0 Å². The smallest absolute Gasteiger partial charge is 0.111 e. The zero-order valence-electron chi connectivity index (χ0n) is 8.52. The summed E-state index contributed by atoms with van der Waals surface area (Å²) in [7, 11) is 0. The molecule has 0 heterocycles. The first kappa shape index (κ1) is 7.67. The standard InChI is InChI=1S/C13H15F/c1-6-7-2-4-9(7)12-11-8(6)3-5-10(11)13(12)14/h10-13H,2-5H2,1H3/t10?,11?,12-,13-/m0/s1. The molecule has 74 valence electrons. The zero-order valence-corrected chi connectivity index (χ0v) is 8.52. The van der Waals surface area contributed by atoms with E-state index in [2.05, 4.69) is 6.92 Å². The van der Waals surface area contributed by atoms with Crippen LogP contribution in [0.1, 0.15) is 32.6 Å². The van der Waals surface area contributed by atoms with E-state index < -0.39 is 6.17 Å². The molecule has 0 bridgehead atoms. The van der Waals surface area contributed by atoms with Crippen LogP contribution in [0.4, 0.5) is 4.39 Å². The van der Waals surface area contributed by atoms with Crippen LogP contribution in [0.25, 0.3) is 0 Å². The maximum Gasteiger partial charge on any atom is 0.111 e. The van der Waals surface area contributed by atoms with Crippen LogP contribution >= 0.6 is 0 Å². The van der Waals surface area contributed by atoms with Gasteiger partial charge in [-0.1, -0.05) is 11.1 Å². The van der Waals surface area contributed by atoms with Gasteiger partial charge in [-0.2, -0.15) is 0 Å². The molecular formula is C13H15F. The first-order chi connectivity index (χ1) is 6.79. The average molecular weight is 190 g/mol. The van der Waals surface area contributed by atoms with Crippen molar-refractivity contribution in [2.75, 3.05) is 0 Å². The van der Waals surface area contributed by atoms with E-state index in [0.717, 1.165) is 6.42 Å². The van der Waals surface area contributed by atoms with Crippen molar-refractivity contribution in [3.05, 3.63) is 22.3 Å². The number of rotatable bonds is 0. The van der Waals surface area contributed by atoms with E-state index in [1.807, 2.05) is 0 Å². The highest BCUT2D eigenvalue weighted by molar-refractivity contribution is 5.53. The van der Waals surface area contributed by atoms with Crippen LogP contribution in [-0.4, -0.2) is 6.17 Å². The minimum atomic E-state index is -0.490. The van der Waals surface area contributed by atoms with Gasteiger partial charge < -0.3 is 0 Å². The van der Waals surface area contributed by atoms with Crippen molar-refractivity contribution in [3.63, 3.8) is 0 Å². The highest BCUT2D eigenvalue weighted by atomic mass is 19.1. The van der Waals surface area contributed by atoms with E-state index in [9.17, 15) is 4.39 Å². The largest absolute Gasteiger partial charge is 0.246 e. The molecule has 14 heavy (non-hydrogen) atoms. The third kappa shape index (κ3) is 0.600. The predicted molar refractivity (Wildman–Crippen MR) is 53.6 cm³/mol. The molecule has 4 atom stereocenters. The molecule has 2 unspecified atom stereocenters. The van der Waals surface area contributed by atoms with Crippen molar-refractivity contribution in [1.82, 2.24) is 0 Å². The van der Waals surface area contributed by atoms with Gasteiger partial charge in [-0.15, -0.1) is 0 Å². The van der Waals surface area contributed by atoms with E-state index in [1.165, 1.54) is 24.8 Å². The normalized spacial score (nSPS) is 48.4. The minimum Gasteiger partial charge on any atom is -0.246 e. The van der Waals surface area contributed by atoms with Gasteiger partial charge in [-0.25, -0.2) is 4.39 Å². The van der Waals surface area contributed by atoms with Crippen molar-refractivity contribution < 1.29 is 4.39 Å². The summed E-state index contributed by atoms with van der Waals surface area (Å²) in [4.78, 5) is 0. The van der Waals surface area contributed by atoms with Crippen LogP contribution in [0.5, 0.6) is 0 Å². The van der Waals surface area contributed by atoms with Gasteiger partial charge in [0.25, 0.3) is 0 Å². The fraction of sp³-hybridized carbons (Fsp3) is 0.692. The summed E-state index contributed by atoms with van der Waals surface area (Å²) in [6.45, 7) is 2.27. The van der Waals surface area contributed by atoms with Crippen molar-refractivity contribution in [2.45, 2.75) is 38.8 Å². The van der Waals surface area contributed by atoms with Gasteiger partial charge in [0.2, 0.25) is 0 Å². The van der Waals surface area contributed by atoms with Crippen LogP contribution in [0.15, 0.2) is 22.3 Å². The lowest BCUT2D eigenvalue weighted by molar-refractivity contribution is 0.00421. The molecule has 0 amide bonds. The summed E-state index contributed by atoms with van der Waals surface area (Å²) in [6, 6.07) is 0. The maximum absolute atomic E-state index is 13.9. The number of hydrogen-bond donors (Lipinski definition) is 0. The van der Waals surface area contributed by atoms with Crippen LogP contribution in [-0.2, 0) is 0 Å². The average Bonchev–Trinajstić information content (AvgIpc) is 2.51. The summed E-state index contributed by atoms with van der Waals surface area (Å²) >= 11 is 0. The Bertz CT molecular complexity index is 388. The number of halogens is 1. The van der Waals surface area contributed by atoms with Crippen molar-refractivity contribution in [1.29, 1.82) is 0 Å². The predicted octanol–water partition coefficient (Wildman–Crippen LogP) is 3.40. The van der Waals surface area contributed by atoms with Crippen LogP contribution < -0.4 is 0 Å². The van der Waals surface area contributed by atoms with Gasteiger partial charge in [0.1, 0.15) is 6.17 Å². The first-order valence-corrected chi connectivity index (χ1v) is 5.85. The molecule has 4 aliphatic rings. The molecule has 4 aliphatic carbocycles. The van der Waals surface area contributed by atoms with Crippen LogP contribution in [0, 0.1) is 17.8 Å². The molecule has 0 aliphatic heterocycles. The number of hydrogen-bond acceptors (Lipinski definition) is 0. The van der Waals surface area contributed by atoms with E-state index >= 15 is 0 Å². The Morgan fingerprint density at radius 2 is 1.93 bits per heavy atom. The summed E-state index contributed by atoms with van der Waals surface area (Å²) in [5, 5.41) is 0. The summed E-state index contributed by atoms with van der Waals surface area (Å²) in [5.74, 6) is 1.38. The van der Waals surface area contributed by atoms with Gasteiger partial charge in [0.15, 0.2) is 0 Å². The number of alkyl halides is 1. The third-order valence-corrected chi connectivity index (χ3v) is 5.12. The molecule has 0 aromatic heterocycles. The van der Waals surface area contributed by atoms with Gasteiger partial charge in [-0.05, 0) is 55.6 Å². The van der Waals surface area contributed by atoms with Crippen molar-refractivity contribution in [2.24, 2.45) is 17.8 Å². The summed E-state index contributed by atoms with van der Waals surface area (Å²) < 4.78 is 13.9. The quantitative estimate of drug-likeness (QED) is 0.549. The molecule has 1 heteroatoms. The minimum absolute atomic E-state index is 0.338. The molecule has 0 saturated heterocycles. The Hall–Kier alpha value is -0.590. The Balaban J connectivity index is 1.91. The molecule has 0 aromatic rings. The van der Waals surface area contributed by atoms with E-state index in [0.29, 0.717) is 17.8 Å². The Kier molecular flexibility index (Phi) is 1.18. The van der Waals surface area contributed by atoms with E-state index in [1.54, 1.807) is 16.7 Å². The zero-order chi connectivity index (χ0) is 9.45. The second-order valence-corrected chi connectivity index (χ2v) is 5.35. The lowest BCUT2D eigenvalue weighted by Gasteiger charge is -2.52. The van der Waals surface area contributed by atoms with Crippen LogP contribution in [0.2, 0.25) is 0 Å². The van der Waals surface area contributed by atoms with Gasteiger partial charge >= 0.3 is 0 Å². The van der Waals surface area contributed by atoms with Crippen molar-refractivity contribution in [3.8, 4) is 0 Å². The molecule has 0 N–H and O–H groups in total. The fourth-order valence-electron chi connectivity index (χ4n) is 4.32. The van der Waals surface area contributed by atoms with Crippen molar-refractivity contribution >= 4 is 0 Å². The highest BCUT2D eigenvalue weighted by Gasteiger charge is 2.59. The SMILES string of the molecule is CC1=C2CCC3C2[C@H](C2=C1CC2)[C@H]3F. The van der Waals surface area contributed by atoms with E-state index in [-0.39, 0.29) is 0 Å². The fourth-order valence-corrected chi connectivity index (χ4v) is 4.32. The molecule has 0 nitrogen and oxygen atoms in total. The van der Waals surface area contributed by atoms with Gasteiger partial charge in [0, 0.05) is 5.92 Å². The number of allylic oxidation sites excluding steroid dienone is 4. The molecule has 4 rings (SSSR count). The lowest BCUT2D eigenvalue weighted by Crippen LogP contribution is -2.50. The first-order valence-electron chi connectivity index (χ1n) is 5.85. The molecule has 0 aromatic carbocycles. The highest BCUT2D eigenvalue weighted by Crippen LogP contribution is 2.65. The number of fused-ring (bicyclic) bond motifs is 1. The van der Waals surface area contributed by atoms with E-state index in [4.69, 9.17) is 0 Å². The maximum atomic E-state index is 13.9. The lowest BCUT2D eigenvalue weighted by atomic mass is 9.53. The Morgan fingerprint density at radius 3 is 2.64 bits per heavy atom. The molecule has 0 spiro atoms. The monoisotopic (exact) mass is 190 g/mol. The second-order valence-electron chi connectivity index (χ2n) is 5.35. The van der Waals surface area contributed by atoms with Crippen LogP contribution in [0.3, 0.4) is 0 Å². The van der Waals surface area contributed by atoms with Gasteiger partial charge in [-0.3, -0.25) is 0 Å². The molecule has 2 saturated carbocycles. The molecular weight excluding hydrogens is 175 g/mol. The third-order valence-electron chi connectivity index (χ3n) is 5.12. The summed E-state index contributed by atoms with van der Waals surface area (Å²) in [5.41, 5.74) is 6.24. The Labute approximate surface area is 83.9 Å². The topological polar surface area (TPSA) is 0 Å². The second kappa shape index (κ2) is 2.15.